The van der Waals surface area contributed by atoms with E-state index in [1.807, 2.05) is 0 Å². The minimum atomic E-state index is 1.08. The highest BCUT2D eigenvalue weighted by molar-refractivity contribution is 6.73. The molecule has 0 bridgehead atoms. The zero-order chi connectivity index (χ0) is 31.9. The Labute approximate surface area is 279 Å². The van der Waals surface area contributed by atoms with Gasteiger partial charge in [0.1, 0.15) is 0 Å². The SMILES string of the molecule is Cc1cc(-c2cc3c4ccccc4n(-c4ccccc4)c3cc2Nc2ccccc2C)c2c(c1)-n1c3ccccc3c3cccc(c31)[B]2. The normalized spacial score (nSPS) is 12.1. The van der Waals surface area contributed by atoms with Crippen molar-refractivity contribution in [1.29, 1.82) is 0 Å². The lowest BCUT2D eigenvalue weighted by molar-refractivity contribution is 1.18. The lowest BCUT2D eigenvalue weighted by atomic mass is 9.59. The summed E-state index contributed by atoms with van der Waals surface area (Å²) in [5, 5.41) is 8.97. The summed E-state index contributed by atoms with van der Waals surface area (Å²) in [5.41, 5.74) is 16.8. The van der Waals surface area contributed by atoms with E-state index in [0.717, 1.165) is 17.1 Å². The van der Waals surface area contributed by atoms with Crippen molar-refractivity contribution >= 4 is 73.2 Å². The van der Waals surface area contributed by atoms with E-state index in [1.54, 1.807) is 0 Å². The van der Waals surface area contributed by atoms with Gasteiger partial charge in [0, 0.05) is 55.4 Å². The highest BCUT2D eigenvalue weighted by Crippen LogP contribution is 2.42. The van der Waals surface area contributed by atoms with E-state index in [2.05, 4.69) is 181 Å². The van der Waals surface area contributed by atoms with Gasteiger partial charge in [-0.25, -0.2) is 0 Å². The maximum atomic E-state index is 3.91. The molecule has 1 aliphatic rings. The standard InChI is InChI=1S/C44H31BN3/c1-27-23-35(43-42(24-27)48-40-22-11-7-16-30(40)32-18-12-19-36(45-43)44(32)48)33-25-34-31-17-8-10-21-39(31)47(29-14-4-3-5-15-29)41(34)26-38(33)46-37-20-9-6-13-28(37)2/h3-26,46H,1-2H3. The fourth-order valence-corrected chi connectivity index (χ4v) is 7.96. The van der Waals surface area contributed by atoms with Gasteiger partial charge in [-0.3, -0.25) is 0 Å². The summed E-state index contributed by atoms with van der Waals surface area (Å²) in [5.74, 6) is 0. The molecule has 3 nitrogen and oxygen atoms in total. The Hall–Kier alpha value is -6.00. The Morgan fingerprint density at radius 3 is 2.00 bits per heavy atom. The van der Waals surface area contributed by atoms with E-state index in [4.69, 9.17) is 0 Å². The maximum absolute atomic E-state index is 3.91. The molecule has 0 unspecified atom stereocenters. The van der Waals surface area contributed by atoms with Gasteiger partial charge in [-0.15, -0.1) is 0 Å². The summed E-state index contributed by atoms with van der Waals surface area (Å²) in [6, 6.07) is 53.0. The van der Waals surface area contributed by atoms with Crippen molar-refractivity contribution < 1.29 is 0 Å². The van der Waals surface area contributed by atoms with Crippen LogP contribution in [-0.4, -0.2) is 16.4 Å². The van der Waals surface area contributed by atoms with Crippen molar-refractivity contribution in [2.75, 3.05) is 5.32 Å². The molecular weight excluding hydrogens is 581 g/mol. The second-order valence-corrected chi connectivity index (χ2v) is 13.0. The lowest BCUT2D eigenvalue weighted by Crippen LogP contribution is -2.37. The highest BCUT2D eigenvalue weighted by atomic mass is 15.0. The van der Waals surface area contributed by atoms with Gasteiger partial charge in [0.15, 0.2) is 7.28 Å². The van der Waals surface area contributed by atoms with Crippen molar-refractivity contribution in [2.45, 2.75) is 13.8 Å². The van der Waals surface area contributed by atoms with Gasteiger partial charge in [0.05, 0.1) is 16.6 Å². The number of nitrogens with zero attached hydrogens (tertiary/aromatic N) is 2. The van der Waals surface area contributed by atoms with Gasteiger partial charge in [0.2, 0.25) is 0 Å². The summed E-state index contributed by atoms with van der Waals surface area (Å²) in [7, 11) is 2.40. The third kappa shape index (κ3) is 3.89. The van der Waals surface area contributed by atoms with E-state index in [0.29, 0.717) is 0 Å². The number of benzene rings is 7. The van der Waals surface area contributed by atoms with E-state index in [-0.39, 0.29) is 0 Å². The average Bonchev–Trinajstić information content (AvgIpc) is 3.63. The molecule has 1 radical (unpaired) electrons. The monoisotopic (exact) mass is 612 g/mol. The Balaban J connectivity index is 1.31. The Bertz CT molecular complexity index is 2750. The van der Waals surface area contributed by atoms with Gasteiger partial charge in [-0.2, -0.15) is 0 Å². The topological polar surface area (TPSA) is 21.9 Å². The van der Waals surface area contributed by atoms with Gasteiger partial charge in [0.25, 0.3) is 0 Å². The molecule has 1 aliphatic heterocycles. The minimum Gasteiger partial charge on any atom is -0.355 e. The molecule has 7 aromatic carbocycles. The first kappa shape index (κ1) is 27.1. The predicted molar refractivity (Wildman–Crippen MR) is 205 cm³/mol. The summed E-state index contributed by atoms with van der Waals surface area (Å²) < 4.78 is 4.88. The third-order valence-corrected chi connectivity index (χ3v) is 10.1. The molecule has 48 heavy (non-hydrogen) atoms. The van der Waals surface area contributed by atoms with Gasteiger partial charge in [-0.1, -0.05) is 103 Å². The quantitative estimate of drug-likeness (QED) is 0.196. The van der Waals surface area contributed by atoms with Crippen LogP contribution in [0.5, 0.6) is 0 Å². The minimum absolute atomic E-state index is 1.08. The van der Waals surface area contributed by atoms with Crippen LogP contribution in [0.1, 0.15) is 11.1 Å². The van der Waals surface area contributed by atoms with Crippen LogP contribution in [0.25, 0.3) is 66.1 Å². The first-order chi connectivity index (χ1) is 23.6. The molecule has 0 spiro atoms. The van der Waals surface area contributed by atoms with Crippen molar-refractivity contribution in [2.24, 2.45) is 0 Å². The number of hydrogen-bond acceptors (Lipinski definition) is 1. The summed E-state index contributed by atoms with van der Waals surface area (Å²) in [6.45, 7) is 4.39. The van der Waals surface area contributed by atoms with Crippen LogP contribution in [0, 0.1) is 13.8 Å². The van der Waals surface area contributed by atoms with Crippen LogP contribution in [-0.2, 0) is 0 Å². The summed E-state index contributed by atoms with van der Waals surface area (Å²) in [4.78, 5) is 0. The molecule has 0 saturated heterocycles. The smallest absolute Gasteiger partial charge is 0.197 e. The summed E-state index contributed by atoms with van der Waals surface area (Å²) in [6.07, 6.45) is 0. The van der Waals surface area contributed by atoms with Crippen LogP contribution in [0.4, 0.5) is 11.4 Å². The Kier molecular flexibility index (Phi) is 5.80. The molecule has 9 aromatic rings. The Morgan fingerprint density at radius 1 is 0.500 bits per heavy atom. The van der Waals surface area contributed by atoms with Crippen LogP contribution in [0.3, 0.4) is 0 Å². The molecule has 0 fully saturated rings. The number of para-hydroxylation sites is 5. The molecule has 1 N–H and O–H groups in total. The molecular formula is C44H31BN3. The molecule has 225 valence electrons. The first-order valence-electron chi connectivity index (χ1n) is 16.6. The van der Waals surface area contributed by atoms with Crippen molar-refractivity contribution in [3.63, 3.8) is 0 Å². The maximum Gasteiger partial charge on any atom is 0.197 e. The van der Waals surface area contributed by atoms with Crippen LogP contribution in [0.15, 0.2) is 146 Å². The molecule has 0 atom stereocenters. The number of fused-ring (bicyclic) bond motifs is 8. The second kappa shape index (κ2) is 10.3. The van der Waals surface area contributed by atoms with Crippen molar-refractivity contribution in [1.82, 2.24) is 9.13 Å². The number of aromatic nitrogens is 2. The van der Waals surface area contributed by atoms with Gasteiger partial charge >= 0.3 is 0 Å². The predicted octanol–water partition coefficient (Wildman–Crippen LogP) is 9.88. The van der Waals surface area contributed by atoms with Crippen molar-refractivity contribution in [3.05, 3.63) is 157 Å². The number of rotatable bonds is 4. The lowest BCUT2D eigenvalue weighted by Gasteiger charge is -2.25. The number of hydrogen-bond donors (Lipinski definition) is 1. The van der Waals surface area contributed by atoms with Gasteiger partial charge < -0.3 is 14.5 Å². The molecule has 3 heterocycles. The zero-order valence-corrected chi connectivity index (χ0v) is 26.8. The van der Waals surface area contributed by atoms with Crippen LogP contribution < -0.4 is 16.2 Å². The molecule has 4 heteroatoms. The second-order valence-electron chi connectivity index (χ2n) is 13.0. The number of anilines is 2. The van der Waals surface area contributed by atoms with Crippen molar-refractivity contribution in [3.8, 4) is 22.5 Å². The van der Waals surface area contributed by atoms with Gasteiger partial charge in [-0.05, 0) is 84.5 Å². The van der Waals surface area contributed by atoms with E-state index >= 15 is 0 Å². The van der Waals surface area contributed by atoms with E-state index < -0.39 is 0 Å². The summed E-state index contributed by atoms with van der Waals surface area (Å²) >= 11 is 0. The molecule has 0 amide bonds. The third-order valence-electron chi connectivity index (χ3n) is 10.1. The average molecular weight is 613 g/mol. The van der Waals surface area contributed by atoms with Crippen LogP contribution in [0.2, 0.25) is 0 Å². The number of aryl methyl sites for hydroxylation is 2. The fourth-order valence-electron chi connectivity index (χ4n) is 7.96. The van der Waals surface area contributed by atoms with E-state index in [1.165, 1.54) is 82.5 Å². The largest absolute Gasteiger partial charge is 0.355 e. The van der Waals surface area contributed by atoms with Crippen LogP contribution >= 0.6 is 0 Å². The highest BCUT2D eigenvalue weighted by Gasteiger charge is 2.27. The Morgan fingerprint density at radius 2 is 1.19 bits per heavy atom. The fraction of sp³-hybridized carbons (Fsp3) is 0.0455. The molecule has 10 rings (SSSR count). The zero-order valence-electron chi connectivity index (χ0n) is 26.8. The number of nitrogens with one attached hydrogen (secondary N) is 1. The van der Waals surface area contributed by atoms with E-state index in [9.17, 15) is 0 Å². The molecule has 0 aliphatic carbocycles. The first-order valence-corrected chi connectivity index (χ1v) is 16.6. The molecule has 2 aromatic heterocycles. The molecule has 0 saturated carbocycles.